The van der Waals surface area contributed by atoms with Gasteiger partial charge < -0.3 is 15.0 Å². The average Bonchev–Trinajstić information content (AvgIpc) is 3.03. The minimum atomic E-state index is -4.11. The van der Waals surface area contributed by atoms with Crippen LogP contribution >= 0.6 is 0 Å². The molecule has 1 saturated heterocycles. The molecule has 3 fully saturated rings. The van der Waals surface area contributed by atoms with Crippen LogP contribution in [0.5, 0.6) is 5.75 Å². The standard InChI is InChI=1S/C25H32F3N3O2/c1-24(2)10-20(24)23(32)30-22-11-29-21-4-3-18(9-19(21)22)33-6-5-15-7-16-12-31(13-17(16)8-15)14-25(26,27)28/h3-4,9,11,15-17,20,29H,5-8,10,12-14H2,1-2H3,(H,30,32)/t15?,16-,17+,20?. The van der Waals surface area contributed by atoms with E-state index < -0.39 is 12.7 Å². The zero-order valence-electron chi connectivity index (χ0n) is 19.2. The lowest BCUT2D eigenvalue weighted by Gasteiger charge is -2.20. The van der Waals surface area contributed by atoms with Crippen LogP contribution in [0.15, 0.2) is 24.4 Å². The second-order valence-electron chi connectivity index (χ2n) is 10.9. The van der Waals surface area contributed by atoms with E-state index in [4.69, 9.17) is 4.74 Å². The molecule has 2 saturated carbocycles. The van der Waals surface area contributed by atoms with Gasteiger partial charge in [-0.3, -0.25) is 9.69 Å². The highest BCUT2D eigenvalue weighted by Crippen LogP contribution is 2.52. The average molecular weight is 464 g/mol. The van der Waals surface area contributed by atoms with Crippen LogP contribution in [0.4, 0.5) is 18.9 Å². The number of amides is 1. The van der Waals surface area contributed by atoms with Crippen molar-refractivity contribution in [2.75, 3.05) is 31.6 Å². The predicted octanol–water partition coefficient (Wildman–Crippen LogP) is 5.44. The first-order chi connectivity index (χ1) is 15.6. The molecule has 2 N–H and O–H groups in total. The summed E-state index contributed by atoms with van der Waals surface area (Å²) < 4.78 is 43.9. The molecular weight excluding hydrogens is 431 g/mol. The van der Waals surface area contributed by atoms with Gasteiger partial charge in [0.1, 0.15) is 5.75 Å². The number of aromatic amines is 1. The number of hydrogen-bond donors (Lipinski definition) is 2. The summed E-state index contributed by atoms with van der Waals surface area (Å²) in [7, 11) is 0. The number of alkyl halides is 3. The number of anilines is 1. The molecule has 0 bridgehead atoms. The molecule has 1 aromatic carbocycles. The Hall–Kier alpha value is -2.22. The van der Waals surface area contributed by atoms with Gasteiger partial charge in [0.2, 0.25) is 5.91 Å². The fraction of sp³-hybridized carbons (Fsp3) is 0.640. The minimum absolute atomic E-state index is 0.0628. The van der Waals surface area contributed by atoms with Gasteiger partial charge in [-0.1, -0.05) is 13.8 Å². The molecular formula is C25H32F3N3O2. The summed E-state index contributed by atoms with van der Waals surface area (Å²) >= 11 is 0. The Morgan fingerprint density at radius 3 is 2.58 bits per heavy atom. The lowest BCUT2D eigenvalue weighted by atomic mass is 10.0. The van der Waals surface area contributed by atoms with Crippen molar-refractivity contribution >= 4 is 22.5 Å². The summed E-state index contributed by atoms with van der Waals surface area (Å²) in [5.41, 5.74) is 1.80. The molecule has 4 atom stereocenters. The van der Waals surface area contributed by atoms with Crippen molar-refractivity contribution in [2.45, 2.75) is 45.7 Å². The number of nitrogens with one attached hydrogen (secondary N) is 2. The number of hydrogen-bond acceptors (Lipinski definition) is 3. The number of aromatic nitrogens is 1. The number of nitrogens with zero attached hydrogens (tertiary/aromatic N) is 1. The minimum Gasteiger partial charge on any atom is -0.494 e. The number of carbonyl (C=O) groups is 1. The molecule has 8 heteroatoms. The summed E-state index contributed by atoms with van der Waals surface area (Å²) in [6.45, 7) is 5.15. The summed E-state index contributed by atoms with van der Waals surface area (Å²) in [4.78, 5) is 17.3. The van der Waals surface area contributed by atoms with Gasteiger partial charge in [0.15, 0.2) is 0 Å². The van der Waals surface area contributed by atoms with Gasteiger partial charge in [-0.15, -0.1) is 0 Å². The van der Waals surface area contributed by atoms with Crippen molar-refractivity contribution in [3.8, 4) is 5.75 Å². The van der Waals surface area contributed by atoms with Gasteiger partial charge >= 0.3 is 6.18 Å². The molecule has 33 heavy (non-hydrogen) atoms. The third-order valence-electron chi connectivity index (χ3n) is 7.86. The van der Waals surface area contributed by atoms with Crippen LogP contribution in [-0.2, 0) is 4.79 Å². The lowest BCUT2D eigenvalue weighted by Crippen LogP contribution is -2.33. The smallest absolute Gasteiger partial charge is 0.401 e. The molecule has 2 aliphatic carbocycles. The number of halogens is 3. The molecule has 2 aromatic rings. The Kier molecular flexibility index (Phi) is 5.62. The molecule has 1 amide bonds. The number of ether oxygens (including phenoxy) is 1. The highest BCUT2D eigenvalue weighted by atomic mass is 19.4. The van der Waals surface area contributed by atoms with Crippen molar-refractivity contribution in [1.82, 2.24) is 9.88 Å². The molecule has 0 spiro atoms. The van der Waals surface area contributed by atoms with Crippen LogP contribution in [0.2, 0.25) is 0 Å². The van der Waals surface area contributed by atoms with Crippen molar-refractivity contribution in [2.24, 2.45) is 29.1 Å². The third kappa shape index (κ3) is 5.00. The second-order valence-corrected chi connectivity index (χ2v) is 10.9. The van der Waals surface area contributed by atoms with E-state index in [-0.39, 0.29) is 17.2 Å². The fourth-order valence-corrected chi connectivity index (χ4v) is 5.91. The zero-order valence-corrected chi connectivity index (χ0v) is 19.2. The highest BCUT2D eigenvalue weighted by Gasteiger charge is 2.50. The van der Waals surface area contributed by atoms with E-state index >= 15 is 0 Å². The maximum atomic E-state index is 12.6. The van der Waals surface area contributed by atoms with Crippen LogP contribution in [0.3, 0.4) is 0 Å². The lowest BCUT2D eigenvalue weighted by molar-refractivity contribution is -0.144. The van der Waals surface area contributed by atoms with Gasteiger partial charge in [0, 0.05) is 36.1 Å². The number of rotatable bonds is 7. The van der Waals surface area contributed by atoms with E-state index in [0.29, 0.717) is 37.5 Å². The van der Waals surface area contributed by atoms with E-state index in [1.54, 1.807) is 4.90 Å². The summed E-state index contributed by atoms with van der Waals surface area (Å²) in [6.07, 6.45) is 1.53. The van der Waals surface area contributed by atoms with Gasteiger partial charge in [0.05, 0.1) is 18.8 Å². The van der Waals surface area contributed by atoms with Gasteiger partial charge in [-0.05, 0) is 67.1 Å². The molecule has 5 rings (SSSR count). The Balaban J connectivity index is 1.11. The molecule has 1 aromatic heterocycles. The topological polar surface area (TPSA) is 57.4 Å². The number of H-pyrrole nitrogens is 1. The second kappa shape index (κ2) is 8.22. The van der Waals surface area contributed by atoms with E-state index in [1.165, 1.54) is 0 Å². The van der Waals surface area contributed by atoms with E-state index in [0.717, 1.165) is 48.0 Å². The number of carbonyl (C=O) groups excluding carboxylic acids is 1. The zero-order chi connectivity index (χ0) is 23.4. The van der Waals surface area contributed by atoms with Crippen molar-refractivity contribution < 1.29 is 22.7 Å². The monoisotopic (exact) mass is 463 g/mol. The predicted molar refractivity (Wildman–Crippen MR) is 121 cm³/mol. The van der Waals surface area contributed by atoms with Gasteiger partial charge in [-0.25, -0.2) is 0 Å². The van der Waals surface area contributed by atoms with Crippen LogP contribution in [0.1, 0.15) is 39.5 Å². The van der Waals surface area contributed by atoms with Crippen LogP contribution in [0, 0.1) is 29.1 Å². The molecule has 2 heterocycles. The molecule has 3 aliphatic rings. The van der Waals surface area contributed by atoms with E-state index in [2.05, 4.69) is 24.1 Å². The molecule has 0 radical (unpaired) electrons. The summed E-state index contributed by atoms with van der Waals surface area (Å²) in [6, 6.07) is 5.83. The number of benzene rings is 1. The van der Waals surface area contributed by atoms with Crippen LogP contribution in [-0.4, -0.2) is 48.2 Å². The van der Waals surface area contributed by atoms with Crippen molar-refractivity contribution in [3.63, 3.8) is 0 Å². The Morgan fingerprint density at radius 2 is 1.94 bits per heavy atom. The van der Waals surface area contributed by atoms with Crippen LogP contribution in [0.25, 0.3) is 10.9 Å². The third-order valence-corrected chi connectivity index (χ3v) is 7.86. The highest BCUT2D eigenvalue weighted by molar-refractivity contribution is 6.03. The first-order valence-corrected chi connectivity index (χ1v) is 11.9. The first-order valence-electron chi connectivity index (χ1n) is 11.9. The fourth-order valence-electron chi connectivity index (χ4n) is 5.91. The first kappa shape index (κ1) is 22.6. The molecule has 1 aliphatic heterocycles. The SMILES string of the molecule is CC1(C)CC1C(=O)Nc1c[nH]c2ccc(OCCC3C[C@@H]4CN(CC(F)(F)F)C[C@@H]4C3)cc12. The van der Waals surface area contributed by atoms with Crippen molar-refractivity contribution in [3.05, 3.63) is 24.4 Å². The normalized spacial score (nSPS) is 28.8. The quantitative estimate of drug-likeness (QED) is 0.575. The van der Waals surface area contributed by atoms with Gasteiger partial charge in [0.25, 0.3) is 0 Å². The number of fused-ring (bicyclic) bond motifs is 2. The number of likely N-dealkylation sites (tertiary alicyclic amines) is 1. The molecule has 2 unspecified atom stereocenters. The maximum Gasteiger partial charge on any atom is 0.401 e. The van der Waals surface area contributed by atoms with E-state index in [9.17, 15) is 18.0 Å². The van der Waals surface area contributed by atoms with E-state index in [1.807, 2.05) is 24.4 Å². The van der Waals surface area contributed by atoms with Crippen molar-refractivity contribution in [1.29, 1.82) is 0 Å². The Morgan fingerprint density at radius 1 is 1.24 bits per heavy atom. The molecule has 180 valence electrons. The van der Waals surface area contributed by atoms with Crippen LogP contribution < -0.4 is 10.1 Å². The Labute approximate surface area is 192 Å². The largest absolute Gasteiger partial charge is 0.494 e. The summed E-state index contributed by atoms with van der Waals surface area (Å²) in [5, 5.41) is 3.98. The molecule has 5 nitrogen and oxygen atoms in total. The Bertz CT molecular complexity index is 1020. The summed E-state index contributed by atoms with van der Waals surface area (Å²) in [5.74, 6) is 2.17. The maximum absolute atomic E-state index is 12.6. The van der Waals surface area contributed by atoms with Gasteiger partial charge in [-0.2, -0.15) is 13.2 Å².